The van der Waals surface area contributed by atoms with Crippen LogP contribution in [0.5, 0.6) is 0 Å². The van der Waals surface area contributed by atoms with E-state index >= 15 is 0 Å². The first-order valence-electron chi connectivity index (χ1n) is 3.31. The van der Waals surface area contributed by atoms with Crippen LogP contribution in [0, 0.1) is 0 Å². The molecule has 0 saturated carbocycles. The second-order valence-corrected chi connectivity index (χ2v) is 2.10. The van der Waals surface area contributed by atoms with Crippen LogP contribution in [0.2, 0.25) is 0 Å². The van der Waals surface area contributed by atoms with Gasteiger partial charge in [-0.25, -0.2) is 0 Å². The topological polar surface area (TPSA) is 26.3 Å². The average Bonchev–Trinajstić information content (AvgIpc) is 1.85. The summed E-state index contributed by atoms with van der Waals surface area (Å²) < 4.78 is 38.2. The number of alkyl halides is 3. The highest BCUT2D eigenvalue weighted by Crippen LogP contribution is 2.22. The van der Waals surface area contributed by atoms with Gasteiger partial charge in [-0.15, -0.1) is 13.2 Å². The standard InChI is InChI=1S/C7H9F3O2/c1-3-6(4-11)5(2)12-7(8,9)10/h4H,3H2,1-2H3. The number of carbonyl (C=O) groups is 1. The second kappa shape index (κ2) is 4.13. The van der Waals surface area contributed by atoms with Gasteiger partial charge in [0.1, 0.15) is 12.0 Å². The van der Waals surface area contributed by atoms with Crippen molar-refractivity contribution in [3.8, 4) is 0 Å². The number of hydrogen-bond donors (Lipinski definition) is 0. The Balaban J connectivity index is 4.44. The van der Waals surface area contributed by atoms with E-state index in [1.54, 1.807) is 6.92 Å². The van der Waals surface area contributed by atoms with E-state index in [-0.39, 0.29) is 17.8 Å². The van der Waals surface area contributed by atoms with Crippen LogP contribution in [0.3, 0.4) is 0 Å². The fraction of sp³-hybridized carbons (Fsp3) is 0.571. The Kier molecular flexibility index (Phi) is 3.79. The number of aldehydes is 1. The van der Waals surface area contributed by atoms with Crippen molar-refractivity contribution in [2.45, 2.75) is 26.6 Å². The van der Waals surface area contributed by atoms with Crippen molar-refractivity contribution >= 4 is 6.29 Å². The van der Waals surface area contributed by atoms with Crippen LogP contribution in [-0.2, 0) is 9.53 Å². The maximum atomic E-state index is 11.6. The Hall–Kier alpha value is -1.00. The third-order valence-electron chi connectivity index (χ3n) is 1.24. The molecule has 0 aromatic rings. The van der Waals surface area contributed by atoms with E-state index < -0.39 is 6.36 Å². The molecule has 0 N–H and O–H groups in total. The Morgan fingerprint density at radius 3 is 2.25 bits per heavy atom. The van der Waals surface area contributed by atoms with Crippen molar-refractivity contribution in [2.24, 2.45) is 0 Å². The molecule has 0 spiro atoms. The molecule has 0 rings (SSSR count). The van der Waals surface area contributed by atoms with Gasteiger partial charge in [0.2, 0.25) is 0 Å². The molecule has 0 fully saturated rings. The molecular formula is C7H9F3O2. The highest BCUT2D eigenvalue weighted by molar-refractivity contribution is 5.73. The molecule has 0 aliphatic carbocycles. The number of allylic oxidation sites excluding steroid dienone is 2. The van der Waals surface area contributed by atoms with Gasteiger partial charge in [0.15, 0.2) is 0 Å². The highest BCUT2D eigenvalue weighted by atomic mass is 19.4. The molecule has 0 amide bonds. The van der Waals surface area contributed by atoms with Gasteiger partial charge in [0.05, 0.1) is 0 Å². The quantitative estimate of drug-likeness (QED) is 0.380. The summed E-state index contributed by atoms with van der Waals surface area (Å²) in [5.41, 5.74) is 0.0207. The second-order valence-electron chi connectivity index (χ2n) is 2.10. The Labute approximate surface area is 68.0 Å². The third kappa shape index (κ3) is 4.00. The molecule has 70 valence electrons. The number of ether oxygens (including phenoxy) is 1. The maximum Gasteiger partial charge on any atom is 0.572 e. The third-order valence-corrected chi connectivity index (χ3v) is 1.24. The molecule has 0 aliphatic heterocycles. The molecule has 2 nitrogen and oxygen atoms in total. The lowest BCUT2D eigenvalue weighted by Crippen LogP contribution is -2.13. The van der Waals surface area contributed by atoms with Crippen molar-refractivity contribution in [2.75, 3.05) is 0 Å². The summed E-state index contributed by atoms with van der Waals surface area (Å²) in [4.78, 5) is 10.2. The van der Waals surface area contributed by atoms with E-state index in [0.29, 0.717) is 6.29 Å². The van der Waals surface area contributed by atoms with Gasteiger partial charge in [-0.2, -0.15) is 0 Å². The van der Waals surface area contributed by atoms with E-state index in [9.17, 15) is 18.0 Å². The summed E-state index contributed by atoms with van der Waals surface area (Å²) in [6.45, 7) is 2.69. The molecule has 0 heterocycles. The minimum Gasteiger partial charge on any atom is -0.410 e. The molecule has 5 heteroatoms. The van der Waals surface area contributed by atoms with Crippen LogP contribution < -0.4 is 0 Å². The van der Waals surface area contributed by atoms with Gasteiger partial charge in [0, 0.05) is 5.57 Å². The lowest BCUT2D eigenvalue weighted by molar-refractivity contribution is -0.305. The zero-order chi connectivity index (χ0) is 9.78. The fourth-order valence-electron chi connectivity index (χ4n) is 0.654. The summed E-state index contributed by atoms with van der Waals surface area (Å²) >= 11 is 0. The lowest BCUT2D eigenvalue weighted by atomic mass is 10.2. The van der Waals surface area contributed by atoms with Gasteiger partial charge in [-0.05, 0) is 13.3 Å². The first-order valence-corrected chi connectivity index (χ1v) is 3.31. The van der Waals surface area contributed by atoms with Crippen molar-refractivity contribution in [1.29, 1.82) is 0 Å². The van der Waals surface area contributed by atoms with E-state index in [0.717, 1.165) is 6.92 Å². The van der Waals surface area contributed by atoms with Crippen molar-refractivity contribution in [3.63, 3.8) is 0 Å². The van der Waals surface area contributed by atoms with Crippen molar-refractivity contribution in [3.05, 3.63) is 11.3 Å². The monoisotopic (exact) mass is 182 g/mol. The van der Waals surface area contributed by atoms with Crippen LogP contribution in [0.25, 0.3) is 0 Å². The minimum atomic E-state index is -4.71. The molecular weight excluding hydrogens is 173 g/mol. The molecule has 0 saturated heterocycles. The maximum absolute atomic E-state index is 11.6. The van der Waals surface area contributed by atoms with Crippen LogP contribution >= 0.6 is 0 Å². The van der Waals surface area contributed by atoms with E-state index in [1.165, 1.54) is 0 Å². The van der Waals surface area contributed by atoms with Crippen LogP contribution in [0.4, 0.5) is 13.2 Å². The molecule has 0 bridgehead atoms. The number of halogens is 3. The van der Waals surface area contributed by atoms with E-state index in [2.05, 4.69) is 4.74 Å². The van der Waals surface area contributed by atoms with Gasteiger partial charge < -0.3 is 4.74 Å². The lowest BCUT2D eigenvalue weighted by Gasteiger charge is -2.10. The summed E-state index contributed by atoms with van der Waals surface area (Å²) in [7, 11) is 0. The zero-order valence-electron chi connectivity index (χ0n) is 6.73. The first-order chi connectivity index (χ1) is 5.40. The number of rotatable bonds is 3. The van der Waals surface area contributed by atoms with Crippen LogP contribution in [-0.4, -0.2) is 12.6 Å². The SMILES string of the molecule is CCC(C=O)=C(C)OC(F)(F)F. The van der Waals surface area contributed by atoms with Gasteiger partial charge in [-0.3, -0.25) is 4.79 Å². The molecule has 0 aromatic heterocycles. The molecule has 0 aromatic carbocycles. The summed E-state index contributed by atoms with van der Waals surface area (Å²) in [6.07, 6.45) is -4.12. The van der Waals surface area contributed by atoms with Gasteiger partial charge >= 0.3 is 6.36 Å². The van der Waals surface area contributed by atoms with Crippen molar-refractivity contribution in [1.82, 2.24) is 0 Å². The Morgan fingerprint density at radius 1 is 1.50 bits per heavy atom. The molecule has 12 heavy (non-hydrogen) atoms. The van der Waals surface area contributed by atoms with E-state index in [1.807, 2.05) is 0 Å². The zero-order valence-corrected chi connectivity index (χ0v) is 6.73. The average molecular weight is 182 g/mol. The normalized spacial score (nSPS) is 13.8. The number of carbonyl (C=O) groups excluding carboxylic acids is 1. The smallest absolute Gasteiger partial charge is 0.410 e. The van der Waals surface area contributed by atoms with E-state index in [4.69, 9.17) is 0 Å². The fourth-order valence-corrected chi connectivity index (χ4v) is 0.654. The minimum absolute atomic E-state index is 0.0207. The molecule has 0 unspecified atom stereocenters. The number of hydrogen-bond acceptors (Lipinski definition) is 2. The molecule has 0 radical (unpaired) electrons. The van der Waals surface area contributed by atoms with Crippen LogP contribution in [0.15, 0.2) is 11.3 Å². The highest BCUT2D eigenvalue weighted by Gasteiger charge is 2.31. The predicted molar refractivity (Wildman–Crippen MR) is 36.2 cm³/mol. The summed E-state index contributed by atoms with van der Waals surface area (Å²) in [6, 6.07) is 0. The Morgan fingerprint density at radius 2 is 2.00 bits per heavy atom. The van der Waals surface area contributed by atoms with Crippen molar-refractivity contribution < 1.29 is 22.7 Å². The van der Waals surface area contributed by atoms with Gasteiger partial charge in [0.25, 0.3) is 0 Å². The molecule has 0 atom stereocenters. The van der Waals surface area contributed by atoms with Crippen LogP contribution in [0.1, 0.15) is 20.3 Å². The largest absolute Gasteiger partial charge is 0.572 e. The molecule has 0 aliphatic rings. The first kappa shape index (κ1) is 11.0. The predicted octanol–water partition coefficient (Wildman–Crippen LogP) is 2.41. The Bertz CT molecular complexity index is 193. The summed E-state index contributed by atoms with van der Waals surface area (Å²) in [5.74, 6) is -0.389. The summed E-state index contributed by atoms with van der Waals surface area (Å²) in [5, 5.41) is 0. The van der Waals surface area contributed by atoms with Gasteiger partial charge in [-0.1, -0.05) is 6.92 Å².